The lowest BCUT2D eigenvalue weighted by molar-refractivity contribution is 0.140. The van der Waals surface area contributed by atoms with Crippen molar-refractivity contribution in [1.82, 2.24) is 5.32 Å². The Balaban J connectivity index is 2.40. The maximum atomic E-state index is 5.73. The first-order chi connectivity index (χ1) is 4.04. The van der Waals surface area contributed by atoms with Crippen LogP contribution in [-0.4, -0.2) is 17.6 Å². The van der Waals surface area contributed by atoms with Gasteiger partial charge in [-0.15, -0.1) is 0 Å². The third-order valence-corrected chi connectivity index (χ3v) is 2.31. The average Bonchev–Trinajstić information content (AvgIpc) is 1.62. The molecule has 3 atom stereocenters. The normalized spacial score (nSPS) is 46.0. The van der Waals surface area contributed by atoms with Crippen LogP contribution in [0.3, 0.4) is 0 Å². The van der Waals surface area contributed by atoms with Crippen LogP contribution < -0.4 is 11.1 Å². The zero-order valence-corrected chi connectivity index (χ0v) is 6.44. The SMILES string of the molecule is CC1CC(C)(C(C)N)N1. The van der Waals surface area contributed by atoms with E-state index in [2.05, 4.69) is 26.1 Å². The highest BCUT2D eigenvalue weighted by Crippen LogP contribution is 2.25. The Bertz CT molecular complexity index is 103. The van der Waals surface area contributed by atoms with Crippen LogP contribution in [0.25, 0.3) is 0 Å². The summed E-state index contributed by atoms with van der Waals surface area (Å²) in [5.41, 5.74) is 5.95. The molecule has 0 radical (unpaired) electrons. The number of nitrogens with two attached hydrogens (primary N) is 1. The van der Waals surface area contributed by atoms with Crippen LogP contribution in [-0.2, 0) is 0 Å². The zero-order chi connectivity index (χ0) is 7.07. The Morgan fingerprint density at radius 2 is 2.22 bits per heavy atom. The van der Waals surface area contributed by atoms with Gasteiger partial charge >= 0.3 is 0 Å². The maximum Gasteiger partial charge on any atom is 0.0318 e. The maximum absolute atomic E-state index is 5.73. The molecule has 0 saturated carbocycles. The zero-order valence-electron chi connectivity index (χ0n) is 6.44. The standard InChI is InChI=1S/C7H16N2/c1-5-4-7(3,9-5)6(2)8/h5-6,9H,4,8H2,1-3H3. The largest absolute Gasteiger partial charge is 0.326 e. The van der Waals surface area contributed by atoms with Crippen LogP contribution in [0.5, 0.6) is 0 Å². The Kier molecular flexibility index (Phi) is 1.53. The summed E-state index contributed by atoms with van der Waals surface area (Å²) in [7, 11) is 0. The Hall–Kier alpha value is -0.0800. The first-order valence-corrected chi connectivity index (χ1v) is 3.58. The van der Waals surface area contributed by atoms with E-state index in [1.54, 1.807) is 0 Å². The molecule has 1 fully saturated rings. The van der Waals surface area contributed by atoms with Crippen LogP contribution in [0.4, 0.5) is 0 Å². The quantitative estimate of drug-likeness (QED) is 0.539. The molecule has 3 unspecified atom stereocenters. The van der Waals surface area contributed by atoms with E-state index in [1.165, 1.54) is 6.42 Å². The van der Waals surface area contributed by atoms with Gasteiger partial charge in [0.25, 0.3) is 0 Å². The molecule has 9 heavy (non-hydrogen) atoms. The molecule has 0 aliphatic carbocycles. The van der Waals surface area contributed by atoms with Crippen LogP contribution in [0.2, 0.25) is 0 Å². The van der Waals surface area contributed by atoms with Crippen molar-refractivity contribution >= 4 is 0 Å². The van der Waals surface area contributed by atoms with Crippen molar-refractivity contribution in [2.75, 3.05) is 0 Å². The Morgan fingerprint density at radius 1 is 1.78 bits per heavy atom. The molecule has 0 aromatic carbocycles. The van der Waals surface area contributed by atoms with Crippen molar-refractivity contribution in [1.29, 1.82) is 0 Å². The predicted molar refractivity (Wildman–Crippen MR) is 39.3 cm³/mol. The van der Waals surface area contributed by atoms with E-state index in [0.717, 1.165) is 0 Å². The molecule has 1 heterocycles. The fourth-order valence-corrected chi connectivity index (χ4v) is 1.50. The average molecular weight is 128 g/mol. The minimum Gasteiger partial charge on any atom is -0.326 e. The minimum absolute atomic E-state index is 0.222. The Morgan fingerprint density at radius 3 is 2.33 bits per heavy atom. The van der Waals surface area contributed by atoms with Gasteiger partial charge in [0.1, 0.15) is 0 Å². The molecular formula is C7H16N2. The van der Waals surface area contributed by atoms with Crippen molar-refractivity contribution in [3.8, 4) is 0 Å². The van der Waals surface area contributed by atoms with E-state index >= 15 is 0 Å². The molecule has 54 valence electrons. The first kappa shape index (κ1) is 7.03. The summed E-state index contributed by atoms with van der Waals surface area (Å²) >= 11 is 0. The van der Waals surface area contributed by atoms with Gasteiger partial charge in [-0.25, -0.2) is 0 Å². The van der Waals surface area contributed by atoms with Crippen LogP contribution in [0, 0.1) is 0 Å². The predicted octanol–water partition coefficient (Wildman–Crippen LogP) is 0.474. The summed E-state index contributed by atoms with van der Waals surface area (Å²) in [5.74, 6) is 0. The molecule has 0 aromatic heterocycles. The molecule has 0 bridgehead atoms. The molecule has 1 rings (SSSR count). The van der Waals surface area contributed by atoms with Crippen molar-refractivity contribution in [3.05, 3.63) is 0 Å². The van der Waals surface area contributed by atoms with Gasteiger partial charge in [0.05, 0.1) is 0 Å². The highest BCUT2D eigenvalue weighted by molar-refractivity contribution is 5.02. The molecule has 1 aliphatic rings. The molecule has 0 amide bonds. The van der Waals surface area contributed by atoms with E-state index in [4.69, 9.17) is 5.73 Å². The fourth-order valence-electron chi connectivity index (χ4n) is 1.50. The highest BCUT2D eigenvalue weighted by Gasteiger charge is 2.39. The molecule has 3 N–H and O–H groups in total. The highest BCUT2D eigenvalue weighted by atomic mass is 15.1. The third-order valence-electron chi connectivity index (χ3n) is 2.31. The number of hydrogen-bond acceptors (Lipinski definition) is 2. The van der Waals surface area contributed by atoms with Gasteiger partial charge in [-0.05, 0) is 27.2 Å². The summed E-state index contributed by atoms with van der Waals surface area (Å²) in [6, 6.07) is 0.940. The van der Waals surface area contributed by atoms with Crippen LogP contribution >= 0.6 is 0 Å². The third kappa shape index (κ3) is 1.10. The topological polar surface area (TPSA) is 38.0 Å². The van der Waals surface area contributed by atoms with Gasteiger partial charge in [0, 0.05) is 17.6 Å². The van der Waals surface area contributed by atoms with Crippen molar-refractivity contribution < 1.29 is 0 Å². The lowest BCUT2D eigenvalue weighted by Crippen LogP contribution is -2.68. The van der Waals surface area contributed by atoms with E-state index < -0.39 is 0 Å². The fraction of sp³-hybridized carbons (Fsp3) is 1.00. The van der Waals surface area contributed by atoms with E-state index in [1.807, 2.05) is 0 Å². The van der Waals surface area contributed by atoms with Gasteiger partial charge < -0.3 is 11.1 Å². The number of rotatable bonds is 1. The monoisotopic (exact) mass is 128 g/mol. The summed E-state index contributed by atoms with van der Waals surface area (Å²) in [6.45, 7) is 6.42. The van der Waals surface area contributed by atoms with Gasteiger partial charge in [-0.2, -0.15) is 0 Å². The van der Waals surface area contributed by atoms with Gasteiger partial charge in [-0.3, -0.25) is 0 Å². The van der Waals surface area contributed by atoms with Crippen LogP contribution in [0.1, 0.15) is 27.2 Å². The molecule has 0 spiro atoms. The van der Waals surface area contributed by atoms with E-state index in [0.29, 0.717) is 6.04 Å². The Labute approximate surface area is 56.8 Å². The molecule has 1 saturated heterocycles. The van der Waals surface area contributed by atoms with Gasteiger partial charge in [0.15, 0.2) is 0 Å². The molecular weight excluding hydrogens is 112 g/mol. The summed E-state index contributed by atoms with van der Waals surface area (Å²) in [4.78, 5) is 0. The van der Waals surface area contributed by atoms with Crippen molar-refractivity contribution in [2.24, 2.45) is 5.73 Å². The summed E-state index contributed by atoms with van der Waals surface area (Å²) in [5, 5.41) is 3.39. The van der Waals surface area contributed by atoms with Crippen LogP contribution in [0.15, 0.2) is 0 Å². The second-order valence-electron chi connectivity index (χ2n) is 3.46. The number of nitrogens with one attached hydrogen (secondary N) is 1. The van der Waals surface area contributed by atoms with Crippen molar-refractivity contribution in [2.45, 2.75) is 44.8 Å². The van der Waals surface area contributed by atoms with Gasteiger partial charge in [-0.1, -0.05) is 0 Å². The molecule has 1 aliphatic heterocycles. The summed E-state index contributed by atoms with van der Waals surface area (Å²) < 4.78 is 0. The molecule has 0 aromatic rings. The lowest BCUT2D eigenvalue weighted by Gasteiger charge is -2.48. The van der Waals surface area contributed by atoms with E-state index in [9.17, 15) is 0 Å². The lowest BCUT2D eigenvalue weighted by atomic mass is 9.79. The van der Waals surface area contributed by atoms with Crippen molar-refractivity contribution in [3.63, 3.8) is 0 Å². The second kappa shape index (κ2) is 1.96. The number of hydrogen-bond donors (Lipinski definition) is 2. The van der Waals surface area contributed by atoms with E-state index in [-0.39, 0.29) is 11.6 Å². The molecule has 2 nitrogen and oxygen atoms in total. The summed E-state index contributed by atoms with van der Waals surface area (Å²) in [6.07, 6.45) is 1.21. The first-order valence-electron chi connectivity index (χ1n) is 3.58. The minimum atomic E-state index is 0.222. The molecule has 2 heteroatoms. The smallest absolute Gasteiger partial charge is 0.0318 e. The second-order valence-corrected chi connectivity index (χ2v) is 3.46. The van der Waals surface area contributed by atoms with Gasteiger partial charge in [0.2, 0.25) is 0 Å².